The molecule has 0 radical (unpaired) electrons. The lowest BCUT2D eigenvalue weighted by atomic mass is 9.97. The molecule has 1 aliphatic rings. The molecule has 1 saturated heterocycles. The Hall–Kier alpha value is -3.07. The molecule has 3 aromatic rings. The Bertz CT molecular complexity index is 1100. The number of thiazole rings is 1. The fourth-order valence-corrected chi connectivity index (χ4v) is 4.77. The number of methoxy groups -OCH3 is 3. The highest BCUT2D eigenvalue weighted by atomic mass is 32.1. The summed E-state index contributed by atoms with van der Waals surface area (Å²) in [5.41, 5.74) is 2.48. The number of hydrogen-bond acceptors (Lipinski definition) is 7. The van der Waals surface area contributed by atoms with Crippen molar-refractivity contribution < 1.29 is 23.8 Å². The molecule has 0 unspecified atom stereocenters. The maximum absolute atomic E-state index is 12.9. The van der Waals surface area contributed by atoms with Gasteiger partial charge in [-0.2, -0.15) is 0 Å². The van der Waals surface area contributed by atoms with Crippen molar-refractivity contribution in [1.82, 2.24) is 14.3 Å². The SMILES string of the molecule is COC(=O)C1CCN(C(=O)Cc2csc3nc(-c4cc(OC)ccc4OC)cn23)CC1. The molecule has 2 aromatic heterocycles. The van der Waals surface area contributed by atoms with E-state index in [4.69, 9.17) is 19.2 Å². The topological polar surface area (TPSA) is 82.4 Å². The number of rotatable bonds is 6. The second-order valence-electron chi connectivity index (χ2n) is 7.43. The number of esters is 1. The first-order valence-electron chi connectivity index (χ1n) is 10.1. The van der Waals surface area contributed by atoms with Crippen molar-refractivity contribution >= 4 is 28.2 Å². The number of amides is 1. The van der Waals surface area contributed by atoms with Gasteiger partial charge in [-0.1, -0.05) is 0 Å². The van der Waals surface area contributed by atoms with Crippen LogP contribution in [0.1, 0.15) is 18.5 Å². The van der Waals surface area contributed by atoms with Gasteiger partial charge in [0.05, 0.1) is 39.4 Å². The molecule has 164 valence electrons. The minimum absolute atomic E-state index is 0.0530. The summed E-state index contributed by atoms with van der Waals surface area (Å²) in [6, 6.07) is 5.58. The van der Waals surface area contributed by atoms with Gasteiger partial charge in [0.2, 0.25) is 5.91 Å². The van der Waals surface area contributed by atoms with Crippen molar-refractivity contribution in [2.24, 2.45) is 5.92 Å². The lowest BCUT2D eigenvalue weighted by Crippen LogP contribution is -2.41. The molecule has 3 heterocycles. The van der Waals surface area contributed by atoms with Gasteiger partial charge in [0.15, 0.2) is 4.96 Å². The Morgan fingerprint density at radius 1 is 1.16 bits per heavy atom. The molecule has 0 N–H and O–H groups in total. The molecule has 1 amide bonds. The number of benzene rings is 1. The predicted molar refractivity (Wildman–Crippen MR) is 117 cm³/mol. The summed E-state index contributed by atoms with van der Waals surface area (Å²) in [7, 11) is 4.65. The third kappa shape index (κ3) is 4.23. The van der Waals surface area contributed by atoms with Gasteiger partial charge in [-0.15, -0.1) is 11.3 Å². The number of piperidine rings is 1. The number of likely N-dealkylation sites (tertiary alicyclic amines) is 1. The van der Waals surface area contributed by atoms with Gasteiger partial charge in [0.1, 0.15) is 11.5 Å². The fraction of sp³-hybridized carbons (Fsp3) is 0.409. The second-order valence-corrected chi connectivity index (χ2v) is 8.26. The van der Waals surface area contributed by atoms with Crippen LogP contribution in [0, 0.1) is 5.92 Å². The van der Waals surface area contributed by atoms with Crippen molar-refractivity contribution in [3.63, 3.8) is 0 Å². The van der Waals surface area contributed by atoms with E-state index in [2.05, 4.69) is 0 Å². The van der Waals surface area contributed by atoms with Crippen LogP contribution >= 0.6 is 11.3 Å². The zero-order valence-electron chi connectivity index (χ0n) is 17.8. The van der Waals surface area contributed by atoms with E-state index in [0.717, 1.165) is 27.7 Å². The standard InChI is InChI=1S/C22H25N3O5S/c1-28-16-4-5-19(29-2)17(11-16)18-12-25-15(13-31-22(25)23-18)10-20(26)24-8-6-14(7-9-24)21(27)30-3/h4-5,11-14H,6-10H2,1-3H3. The Morgan fingerprint density at radius 3 is 2.61 bits per heavy atom. The van der Waals surface area contributed by atoms with E-state index < -0.39 is 0 Å². The van der Waals surface area contributed by atoms with Gasteiger partial charge < -0.3 is 19.1 Å². The smallest absolute Gasteiger partial charge is 0.308 e. The van der Waals surface area contributed by atoms with E-state index in [1.54, 1.807) is 14.2 Å². The molecule has 4 rings (SSSR count). The number of aromatic nitrogens is 2. The molecule has 8 nitrogen and oxygen atoms in total. The number of nitrogens with zero attached hydrogens (tertiary/aromatic N) is 3. The molecule has 1 fully saturated rings. The van der Waals surface area contributed by atoms with Crippen LogP contribution in [0.25, 0.3) is 16.2 Å². The Kier molecular flexibility index (Phi) is 6.13. The summed E-state index contributed by atoms with van der Waals surface area (Å²) in [5, 5.41) is 1.97. The van der Waals surface area contributed by atoms with Gasteiger partial charge in [0.25, 0.3) is 0 Å². The number of fused-ring (bicyclic) bond motifs is 1. The number of ether oxygens (including phenoxy) is 3. The third-order valence-electron chi connectivity index (χ3n) is 5.68. The van der Waals surface area contributed by atoms with Crippen LogP contribution < -0.4 is 9.47 Å². The van der Waals surface area contributed by atoms with Crippen molar-refractivity contribution in [3.05, 3.63) is 35.5 Å². The summed E-state index contributed by atoms with van der Waals surface area (Å²) in [5.74, 6) is 1.18. The van der Waals surface area contributed by atoms with Crippen LogP contribution in [0.15, 0.2) is 29.8 Å². The Balaban J connectivity index is 1.51. The molecule has 0 bridgehead atoms. The minimum Gasteiger partial charge on any atom is -0.497 e. The Labute approximate surface area is 184 Å². The molecular weight excluding hydrogens is 418 g/mol. The van der Waals surface area contributed by atoms with E-state index in [1.165, 1.54) is 18.4 Å². The first-order chi connectivity index (χ1) is 15.0. The quantitative estimate of drug-likeness (QED) is 0.545. The highest BCUT2D eigenvalue weighted by Crippen LogP contribution is 2.34. The lowest BCUT2D eigenvalue weighted by molar-refractivity contribution is -0.148. The molecule has 0 aliphatic carbocycles. The van der Waals surface area contributed by atoms with E-state index in [0.29, 0.717) is 31.7 Å². The van der Waals surface area contributed by atoms with E-state index >= 15 is 0 Å². The predicted octanol–water partition coefficient (Wildman–Crippen LogP) is 3.03. The summed E-state index contributed by atoms with van der Waals surface area (Å²) < 4.78 is 17.6. The summed E-state index contributed by atoms with van der Waals surface area (Å²) >= 11 is 1.50. The highest BCUT2D eigenvalue weighted by molar-refractivity contribution is 7.15. The maximum Gasteiger partial charge on any atom is 0.308 e. The zero-order chi connectivity index (χ0) is 22.0. The number of imidazole rings is 1. The zero-order valence-corrected chi connectivity index (χ0v) is 18.6. The van der Waals surface area contributed by atoms with Crippen LogP contribution in [0.3, 0.4) is 0 Å². The summed E-state index contributed by atoms with van der Waals surface area (Å²) in [6.45, 7) is 1.14. The van der Waals surface area contributed by atoms with Crippen LogP contribution in [0.5, 0.6) is 11.5 Å². The number of carbonyl (C=O) groups excluding carboxylic acids is 2. The van der Waals surface area contributed by atoms with Crippen molar-refractivity contribution in [3.8, 4) is 22.8 Å². The molecular formula is C22H25N3O5S. The first kappa shape index (κ1) is 21.2. The van der Waals surface area contributed by atoms with Crippen molar-refractivity contribution in [2.75, 3.05) is 34.4 Å². The highest BCUT2D eigenvalue weighted by Gasteiger charge is 2.28. The molecule has 1 aliphatic heterocycles. The maximum atomic E-state index is 12.9. The lowest BCUT2D eigenvalue weighted by Gasteiger charge is -2.30. The monoisotopic (exact) mass is 443 g/mol. The van der Waals surface area contributed by atoms with Crippen LogP contribution in [-0.2, 0) is 20.7 Å². The summed E-state index contributed by atoms with van der Waals surface area (Å²) in [6.07, 6.45) is 3.49. The van der Waals surface area contributed by atoms with Gasteiger partial charge in [0, 0.05) is 35.9 Å². The van der Waals surface area contributed by atoms with E-state index in [-0.39, 0.29) is 24.2 Å². The van der Waals surface area contributed by atoms with Crippen LogP contribution in [-0.4, -0.2) is 60.6 Å². The molecule has 0 saturated carbocycles. The van der Waals surface area contributed by atoms with E-state index in [1.807, 2.05) is 39.1 Å². The average molecular weight is 444 g/mol. The molecule has 31 heavy (non-hydrogen) atoms. The Morgan fingerprint density at radius 2 is 1.94 bits per heavy atom. The third-order valence-corrected chi connectivity index (χ3v) is 6.57. The van der Waals surface area contributed by atoms with Crippen molar-refractivity contribution in [1.29, 1.82) is 0 Å². The van der Waals surface area contributed by atoms with Crippen LogP contribution in [0.4, 0.5) is 0 Å². The van der Waals surface area contributed by atoms with Gasteiger partial charge >= 0.3 is 5.97 Å². The molecule has 1 aromatic carbocycles. The number of carbonyl (C=O) groups is 2. The first-order valence-corrected chi connectivity index (χ1v) is 11.0. The van der Waals surface area contributed by atoms with Gasteiger partial charge in [-0.3, -0.25) is 14.0 Å². The van der Waals surface area contributed by atoms with Crippen LogP contribution in [0.2, 0.25) is 0 Å². The second kappa shape index (κ2) is 8.97. The van der Waals surface area contributed by atoms with Gasteiger partial charge in [-0.25, -0.2) is 4.98 Å². The van der Waals surface area contributed by atoms with Gasteiger partial charge in [-0.05, 0) is 31.0 Å². The minimum atomic E-state index is -0.189. The largest absolute Gasteiger partial charge is 0.497 e. The fourth-order valence-electron chi connectivity index (χ4n) is 3.90. The average Bonchev–Trinajstić information content (AvgIpc) is 3.40. The molecule has 0 atom stereocenters. The normalized spacial score (nSPS) is 14.6. The number of hydrogen-bond donors (Lipinski definition) is 0. The van der Waals surface area contributed by atoms with E-state index in [9.17, 15) is 9.59 Å². The van der Waals surface area contributed by atoms with Crippen molar-refractivity contribution in [2.45, 2.75) is 19.3 Å². The summed E-state index contributed by atoms with van der Waals surface area (Å²) in [4.78, 5) is 31.9. The molecule has 9 heteroatoms. The molecule has 0 spiro atoms.